The van der Waals surface area contributed by atoms with E-state index in [1.165, 1.54) is 70.6 Å². The van der Waals surface area contributed by atoms with E-state index in [0.717, 1.165) is 51.4 Å². The number of esters is 2. The van der Waals surface area contributed by atoms with Crippen LogP contribution >= 0.6 is 0 Å². The summed E-state index contributed by atoms with van der Waals surface area (Å²) < 4.78 is 17.0. The highest BCUT2D eigenvalue weighted by Crippen LogP contribution is 2.12. The number of likely N-dealkylation sites (N-methyl/N-ethyl adjacent to an activating group) is 1. The number of carbonyl (C=O) groups is 3. The monoisotopic (exact) mass is 640 g/mol. The highest BCUT2D eigenvalue weighted by molar-refractivity contribution is 5.70. The van der Waals surface area contributed by atoms with Crippen molar-refractivity contribution in [2.45, 2.75) is 167 Å². The molecule has 0 heterocycles. The Kier molecular flexibility index (Phi) is 28.2. The first-order valence-corrected chi connectivity index (χ1v) is 18.2. The second-order valence-corrected chi connectivity index (χ2v) is 13.5. The Labute approximate surface area is 276 Å². The van der Waals surface area contributed by atoms with Crippen LogP contribution in [0.4, 0.5) is 0 Å². The maximum Gasteiger partial charge on any atom is 0.306 e. The number of quaternary nitrogens is 1. The van der Waals surface area contributed by atoms with Gasteiger partial charge in [-0.2, -0.15) is 0 Å². The van der Waals surface area contributed by atoms with Crippen molar-refractivity contribution in [3.63, 3.8) is 0 Å². The maximum atomic E-state index is 12.6. The average molecular weight is 640 g/mol. The number of nitrogens with zero attached hydrogens (tertiary/aromatic N) is 1. The molecule has 0 rings (SSSR count). The highest BCUT2D eigenvalue weighted by atomic mass is 16.6. The molecule has 0 aromatic carbocycles. The van der Waals surface area contributed by atoms with Crippen LogP contribution in [0.3, 0.4) is 0 Å². The zero-order valence-electron chi connectivity index (χ0n) is 29.8. The van der Waals surface area contributed by atoms with Crippen LogP contribution in [0, 0.1) is 0 Å². The van der Waals surface area contributed by atoms with Crippen LogP contribution in [-0.4, -0.2) is 75.5 Å². The number of unbranched alkanes of at least 4 members (excludes halogenated alkanes) is 16. The summed E-state index contributed by atoms with van der Waals surface area (Å²) >= 11 is 0. The molecule has 0 aliphatic carbocycles. The minimum Gasteiger partial charge on any atom is -0.544 e. The molecule has 0 aliphatic heterocycles. The molecule has 45 heavy (non-hydrogen) atoms. The third-order valence-electron chi connectivity index (χ3n) is 8.15. The Morgan fingerprint density at radius 1 is 0.644 bits per heavy atom. The topological polar surface area (TPSA) is 102 Å². The first-order valence-electron chi connectivity index (χ1n) is 18.2. The molecule has 0 saturated heterocycles. The molecule has 0 spiro atoms. The molecule has 0 amide bonds. The minimum absolute atomic E-state index is 0.0386. The van der Waals surface area contributed by atoms with Crippen molar-refractivity contribution >= 4 is 17.9 Å². The Bertz CT molecular complexity index is 762. The number of rotatable bonds is 32. The third kappa shape index (κ3) is 28.1. The van der Waals surface area contributed by atoms with Gasteiger partial charge < -0.3 is 28.6 Å². The van der Waals surface area contributed by atoms with Crippen LogP contribution in [0.15, 0.2) is 12.2 Å². The number of aliphatic carboxylic acids is 1. The summed E-state index contributed by atoms with van der Waals surface area (Å²) in [4.78, 5) is 36.4. The molecule has 0 N–H and O–H groups in total. The van der Waals surface area contributed by atoms with Gasteiger partial charge in [0.2, 0.25) is 0 Å². The van der Waals surface area contributed by atoms with Crippen molar-refractivity contribution < 1.29 is 38.2 Å². The second-order valence-electron chi connectivity index (χ2n) is 13.5. The van der Waals surface area contributed by atoms with Crippen LogP contribution in [0.1, 0.15) is 155 Å². The molecule has 0 aromatic rings. The Morgan fingerprint density at radius 2 is 1.11 bits per heavy atom. The summed E-state index contributed by atoms with van der Waals surface area (Å²) in [6.45, 7) is 4.58. The Hall–Kier alpha value is -1.93. The van der Waals surface area contributed by atoms with E-state index < -0.39 is 18.1 Å². The number of hydrogen-bond acceptors (Lipinski definition) is 7. The first kappa shape index (κ1) is 43.1. The molecule has 0 radical (unpaired) electrons. The lowest BCUT2D eigenvalue weighted by molar-refractivity contribution is -0.889. The van der Waals surface area contributed by atoms with Crippen molar-refractivity contribution in [1.29, 1.82) is 0 Å². The molecular formula is C37H69NO7. The van der Waals surface area contributed by atoms with Gasteiger partial charge in [0, 0.05) is 19.3 Å². The van der Waals surface area contributed by atoms with Crippen molar-refractivity contribution in [3.05, 3.63) is 12.2 Å². The molecule has 2 atom stereocenters. The zero-order chi connectivity index (χ0) is 33.6. The molecule has 2 unspecified atom stereocenters. The van der Waals surface area contributed by atoms with Gasteiger partial charge in [0.25, 0.3) is 0 Å². The van der Waals surface area contributed by atoms with Gasteiger partial charge in [-0.25, -0.2) is 0 Å². The summed E-state index contributed by atoms with van der Waals surface area (Å²) in [6.07, 6.45) is 26.7. The van der Waals surface area contributed by atoms with Crippen LogP contribution < -0.4 is 5.11 Å². The van der Waals surface area contributed by atoms with E-state index in [1.54, 1.807) is 21.1 Å². The molecule has 8 nitrogen and oxygen atoms in total. The Morgan fingerprint density at radius 3 is 1.62 bits per heavy atom. The van der Waals surface area contributed by atoms with Gasteiger partial charge in [-0.15, -0.1) is 0 Å². The van der Waals surface area contributed by atoms with Crippen LogP contribution in [0.25, 0.3) is 0 Å². The smallest absolute Gasteiger partial charge is 0.306 e. The van der Waals surface area contributed by atoms with Crippen LogP contribution in [-0.2, 0) is 28.6 Å². The zero-order valence-corrected chi connectivity index (χ0v) is 29.8. The fourth-order valence-electron chi connectivity index (χ4n) is 5.24. The fraction of sp³-hybridized carbons (Fsp3) is 0.865. The Balaban J connectivity index is 4.43. The van der Waals surface area contributed by atoms with Crippen molar-refractivity contribution in [1.82, 2.24) is 0 Å². The van der Waals surface area contributed by atoms with Gasteiger partial charge in [0.15, 0.2) is 6.10 Å². The van der Waals surface area contributed by atoms with E-state index in [0.29, 0.717) is 12.8 Å². The lowest BCUT2D eigenvalue weighted by Crippen LogP contribution is -2.55. The van der Waals surface area contributed by atoms with Gasteiger partial charge in [0.1, 0.15) is 12.6 Å². The number of carboxylic acids is 1. The largest absolute Gasteiger partial charge is 0.544 e. The lowest BCUT2D eigenvalue weighted by atomic mass is 10.1. The van der Waals surface area contributed by atoms with Crippen LogP contribution in [0.5, 0.6) is 0 Å². The molecule has 0 fully saturated rings. The summed E-state index contributed by atoms with van der Waals surface area (Å²) in [7, 11) is 5.38. The van der Waals surface area contributed by atoms with Gasteiger partial charge in [0.05, 0.1) is 40.3 Å². The van der Waals surface area contributed by atoms with Gasteiger partial charge in [-0.05, 0) is 38.5 Å². The highest BCUT2D eigenvalue weighted by Gasteiger charge is 2.25. The van der Waals surface area contributed by atoms with E-state index in [9.17, 15) is 19.5 Å². The number of carbonyl (C=O) groups excluding carboxylic acids is 3. The average Bonchev–Trinajstić information content (AvgIpc) is 2.98. The fourth-order valence-corrected chi connectivity index (χ4v) is 5.24. The van der Waals surface area contributed by atoms with E-state index in [2.05, 4.69) is 26.0 Å². The lowest BCUT2D eigenvalue weighted by Gasteiger charge is -2.34. The molecule has 8 heteroatoms. The SMILES string of the molecule is CCCCCCCCC/C=C/CCCCCC(=O)OC(COCCC(C(=O)[O-])[N+](C)(C)C)COC(=O)CCCCCCCCC. The summed E-state index contributed by atoms with van der Waals surface area (Å²) in [5.74, 6) is -1.76. The molecule has 264 valence electrons. The van der Waals surface area contributed by atoms with Gasteiger partial charge in [-0.3, -0.25) is 9.59 Å². The number of hydrogen-bond donors (Lipinski definition) is 0. The molecule has 0 bridgehead atoms. The van der Waals surface area contributed by atoms with Crippen LogP contribution in [0.2, 0.25) is 0 Å². The summed E-state index contributed by atoms with van der Waals surface area (Å²) in [5.41, 5.74) is 0. The first-order chi connectivity index (χ1) is 21.6. The third-order valence-corrected chi connectivity index (χ3v) is 8.15. The second kappa shape index (κ2) is 29.5. The van der Waals surface area contributed by atoms with Crippen molar-refractivity contribution in [2.75, 3.05) is 41.0 Å². The summed E-state index contributed by atoms with van der Waals surface area (Å²) in [6, 6.07) is -0.721. The molecule has 0 aliphatic rings. The molecule has 0 aromatic heterocycles. The quantitative estimate of drug-likeness (QED) is 0.0326. The van der Waals surface area contributed by atoms with E-state index >= 15 is 0 Å². The van der Waals surface area contributed by atoms with Crippen molar-refractivity contribution in [3.8, 4) is 0 Å². The minimum atomic E-state index is -1.13. The van der Waals surface area contributed by atoms with E-state index in [4.69, 9.17) is 14.2 Å². The maximum absolute atomic E-state index is 12.6. The number of ether oxygens (including phenoxy) is 3. The van der Waals surface area contributed by atoms with Crippen molar-refractivity contribution in [2.24, 2.45) is 0 Å². The normalized spacial score (nSPS) is 13.2. The van der Waals surface area contributed by atoms with Gasteiger partial charge in [-0.1, -0.05) is 109 Å². The van der Waals surface area contributed by atoms with Gasteiger partial charge >= 0.3 is 11.9 Å². The summed E-state index contributed by atoms with van der Waals surface area (Å²) in [5, 5.41) is 11.5. The predicted molar refractivity (Wildman–Crippen MR) is 181 cm³/mol. The standard InChI is InChI=1S/C37H69NO7/c1-6-8-10-12-14-15-16-17-18-19-20-22-24-26-28-36(40)45-33(31-43-30-29-34(37(41)42)38(3,4)5)32-44-35(39)27-25-23-21-13-11-9-7-2/h18-19,33-34H,6-17,20-32H2,1-5H3/b19-18+. The molecular weight excluding hydrogens is 570 g/mol. The molecule has 0 saturated carbocycles. The predicted octanol–water partition coefficient (Wildman–Crippen LogP) is 7.46. The van der Waals surface area contributed by atoms with E-state index in [-0.39, 0.29) is 42.7 Å². The number of allylic oxidation sites excluding steroid dienone is 2. The van der Waals surface area contributed by atoms with E-state index in [1.807, 2.05) is 0 Å². The number of carboxylic acid groups (broad SMARTS) is 1.